The Morgan fingerprint density at radius 2 is 2.25 bits per heavy atom. The Morgan fingerprint density at radius 3 is 2.95 bits per heavy atom. The van der Waals surface area contributed by atoms with E-state index in [0.717, 1.165) is 24.3 Å². The van der Waals surface area contributed by atoms with E-state index in [4.69, 9.17) is 4.74 Å². The van der Waals surface area contributed by atoms with Gasteiger partial charge < -0.3 is 10.1 Å². The lowest BCUT2D eigenvalue weighted by Gasteiger charge is -2.25. The summed E-state index contributed by atoms with van der Waals surface area (Å²) in [6.07, 6.45) is 0.933. The van der Waals surface area contributed by atoms with Crippen LogP contribution in [0.3, 0.4) is 0 Å². The second-order valence-corrected chi connectivity index (χ2v) is 6.87. The van der Waals surface area contributed by atoms with Gasteiger partial charge in [-0.25, -0.2) is 0 Å². The van der Waals surface area contributed by atoms with Gasteiger partial charge in [0, 0.05) is 18.2 Å². The quantitative estimate of drug-likeness (QED) is 0.910. The van der Waals surface area contributed by atoms with Crippen molar-refractivity contribution < 1.29 is 9.53 Å². The lowest BCUT2D eigenvalue weighted by atomic mass is 9.92. The minimum atomic E-state index is -0.485. The molecular weight excluding hydrogens is 272 g/mol. The maximum absolute atomic E-state index is 12.3. The molecular formula is C15H18N2O2S. The fraction of sp³-hybridized carbons (Fsp3) is 0.467. The lowest BCUT2D eigenvalue weighted by molar-refractivity contribution is -0.120. The number of amides is 1. The summed E-state index contributed by atoms with van der Waals surface area (Å²) in [6.45, 7) is 5.42. The Bertz CT molecular complexity index is 567. The number of para-hydroxylation sites is 1. The third-order valence-corrected chi connectivity index (χ3v) is 5.35. The molecule has 1 aromatic rings. The first kappa shape index (κ1) is 13.6. The van der Waals surface area contributed by atoms with Crippen LogP contribution in [0.4, 0.5) is 5.69 Å². The average Bonchev–Trinajstić information content (AvgIpc) is 3.03. The molecule has 4 nitrogen and oxygen atoms in total. The summed E-state index contributed by atoms with van der Waals surface area (Å²) < 4.78 is 4.93. The van der Waals surface area contributed by atoms with Crippen molar-refractivity contribution in [2.75, 3.05) is 18.5 Å². The molecule has 2 aliphatic heterocycles. The Balaban J connectivity index is 1.76. The fourth-order valence-electron chi connectivity index (χ4n) is 2.58. The van der Waals surface area contributed by atoms with E-state index in [1.807, 2.05) is 38.1 Å². The number of aliphatic imine (C=N–C) groups is 1. The fourth-order valence-corrected chi connectivity index (χ4v) is 3.76. The van der Waals surface area contributed by atoms with Crippen molar-refractivity contribution in [1.29, 1.82) is 0 Å². The highest BCUT2D eigenvalue weighted by molar-refractivity contribution is 8.16. The summed E-state index contributed by atoms with van der Waals surface area (Å²) in [4.78, 5) is 16.5. The summed E-state index contributed by atoms with van der Waals surface area (Å²) >= 11 is 1.53. The number of anilines is 1. The third-order valence-electron chi connectivity index (χ3n) is 4.03. The maximum Gasteiger partial charge on any atom is 0.264 e. The van der Waals surface area contributed by atoms with Crippen LogP contribution >= 0.6 is 11.8 Å². The van der Waals surface area contributed by atoms with E-state index in [2.05, 4.69) is 10.3 Å². The van der Waals surface area contributed by atoms with Crippen LogP contribution in [-0.2, 0) is 9.53 Å². The molecule has 0 aromatic heterocycles. The van der Waals surface area contributed by atoms with Crippen molar-refractivity contribution in [3.63, 3.8) is 0 Å². The van der Waals surface area contributed by atoms with Crippen molar-refractivity contribution in [3.8, 4) is 0 Å². The molecule has 106 valence electrons. The van der Waals surface area contributed by atoms with E-state index in [0.29, 0.717) is 11.8 Å². The molecule has 1 aromatic carbocycles. The van der Waals surface area contributed by atoms with Gasteiger partial charge in [0.2, 0.25) is 0 Å². The molecule has 20 heavy (non-hydrogen) atoms. The van der Waals surface area contributed by atoms with E-state index >= 15 is 0 Å². The number of rotatable bonds is 2. The van der Waals surface area contributed by atoms with Crippen LogP contribution in [-0.4, -0.2) is 29.0 Å². The minimum Gasteiger partial charge on any atom is -0.381 e. The molecule has 3 rings (SSSR count). The van der Waals surface area contributed by atoms with Crippen LogP contribution in [0.5, 0.6) is 0 Å². The zero-order valence-electron chi connectivity index (χ0n) is 11.7. The first-order valence-corrected chi connectivity index (χ1v) is 7.64. The first-order valence-electron chi connectivity index (χ1n) is 6.82. The van der Waals surface area contributed by atoms with E-state index in [1.54, 1.807) is 0 Å². The molecule has 1 N–H and O–H groups in total. The number of amidine groups is 1. The van der Waals surface area contributed by atoms with Crippen LogP contribution in [0.2, 0.25) is 0 Å². The predicted octanol–water partition coefficient (Wildman–Crippen LogP) is 2.83. The van der Waals surface area contributed by atoms with Gasteiger partial charge in [-0.2, -0.15) is 4.99 Å². The van der Waals surface area contributed by atoms with Crippen molar-refractivity contribution >= 4 is 28.5 Å². The number of carbonyl (C=O) groups excluding carboxylic acids is 1. The van der Waals surface area contributed by atoms with Crippen LogP contribution in [0.15, 0.2) is 29.3 Å². The Hall–Kier alpha value is -1.33. The van der Waals surface area contributed by atoms with Crippen LogP contribution in [0.1, 0.15) is 18.9 Å². The van der Waals surface area contributed by atoms with Gasteiger partial charge in [0.05, 0.1) is 6.61 Å². The van der Waals surface area contributed by atoms with Gasteiger partial charge in [-0.15, -0.1) is 0 Å². The van der Waals surface area contributed by atoms with Gasteiger partial charge in [-0.05, 0) is 31.9 Å². The van der Waals surface area contributed by atoms with Crippen LogP contribution in [0, 0.1) is 12.8 Å². The normalized spacial score (nSPS) is 29.6. The van der Waals surface area contributed by atoms with Gasteiger partial charge in [0.1, 0.15) is 4.75 Å². The highest BCUT2D eigenvalue weighted by Gasteiger charge is 2.48. The Labute approximate surface area is 123 Å². The topological polar surface area (TPSA) is 50.7 Å². The number of benzene rings is 1. The van der Waals surface area contributed by atoms with Gasteiger partial charge in [-0.1, -0.05) is 30.0 Å². The maximum atomic E-state index is 12.3. The molecule has 2 aliphatic rings. The van der Waals surface area contributed by atoms with Crippen LogP contribution in [0.25, 0.3) is 0 Å². The molecule has 2 atom stereocenters. The Morgan fingerprint density at radius 1 is 1.45 bits per heavy atom. The number of nitrogens with one attached hydrogen (secondary N) is 1. The van der Waals surface area contributed by atoms with Crippen LogP contribution < -0.4 is 5.32 Å². The third kappa shape index (κ3) is 2.36. The first-order chi connectivity index (χ1) is 9.59. The smallest absolute Gasteiger partial charge is 0.264 e. The zero-order chi connectivity index (χ0) is 14.2. The molecule has 0 spiro atoms. The van der Waals surface area contributed by atoms with E-state index in [1.165, 1.54) is 11.8 Å². The molecule has 2 heterocycles. The number of hydrogen-bond acceptors (Lipinski definition) is 4. The summed E-state index contributed by atoms with van der Waals surface area (Å²) in [6, 6.07) is 8.00. The highest BCUT2D eigenvalue weighted by Crippen LogP contribution is 2.43. The summed E-state index contributed by atoms with van der Waals surface area (Å²) in [7, 11) is 0. The van der Waals surface area contributed by atoms with Crippen molar-refractivity contribution in [3.05, 3.63) is 29.8 Å². The predicted molar refractivity (Wildman–Crippen MR) is 82.2 cm³/mol. The number of carbonyl (C=O) groups is 1. The van der Waals surface area contributed by atoms with Gasteiger partial charge in [0.25, 0.3) is 5.91 Å². The van der Waals surface area contributed by atoms with E-state index in [-0.39, 0.29) is 11.8 Å². The molecule has 0 saturated carbocycles. The van der Waals surface area contributed by atoms with Gasteiger partial charge in [-0.3, -0.25) is 4.79 Å². The number of aryl methyl sites for hydroxylation is 1. The second kappa shape index (κ2) is 5.22. The molecule has 0 aliphatic carbocycles. The molecule has 2 unspecified atom stereocenters. The Kier molecular flexibility index (Phi) is 3.56. The minimum absolute atomic E-state index is 0.0471. The molecule has 5 heteroatoms. The van der Waals surface area contributed by atoms with E-state index in [9.17, 15) is 4.79 Å². The number of nitrogens with zero attached hydrogens (tertiary/aromatic N) is 1. The molecule has 1 fully saturated rings. The zero-order valence-corrected chi connectivity index (χ0v) is 12.5. The van der Waals surface area contributed by atoms with E-state index < -0.39 is 4.75 Å². The summed E-state index contributed by atoms with van der Waals surface area (Å²) in [5.41, 5.74) is 2.14. The molecule has 0 bridgehead atoms. The molecule has 0 radical (unpaired) electrons. The standard InChI is InChI=1S/C15H18N2O2S/c1-10-5-3-4-6-12(10)16-14-17-13(18)15(2,20-14)11-7-8-19-9-11/h3-6,11H,7-9H2,1-2H3,(H,16,17,18). The summed E-state index contributed by atoms with van der Waals surface area (Å²) in [5.74, 6) is 0.203. The largest absolute Gasteiger partial charge is 0.381 e. The monoisotopic (exact) mass is 290 g/mol. The average molecular weight is 290 g/mol. The lowest BCUT2D eigenvalue weighted by Crippen LogP contribution is -2.37. The second-order valence-electron chi connectivity index (χ2n) is 5.43. The number of ether oxygens (including phenoxy) is 1. The van der Waals surface area contributed by atoms with Crippen molar-refractivity contribution in [2.24, 2.45) is 10.9 Å². The SMILES string of the molecule is Cc1ccccc1NC1=NC(=O)C(C)(C2CCOC2)S1. The highest BCUT2D eigenvalue weighted by atomic mass is 32.2. The van der Waals surface area contributed by atoms with Crippen molar-refractivity contribution in [2.45, 2.75) is 25.0 Å². The molecule has 1 saturated heterocycles. The number of hydrogen-bond donors (Lipinski definition) is 1. The summed E-state index contributed by atoms with van der Waals surface area (Å²) in [5, 5.41) is 3.96. The van der Waals surface area contributed by atoms with Gasteiger partial charge in [0.15, 0.2) is 5.17 Å². The molecule has 1 amide bonds. The number of thioether (sulfide) groups is 1. The van der Waals surface area contributed by atoms with Crippen molar-refractivity contribution in [1.82, 2.24) is 0 Å². The van der Waals surface area contributed by atoms with Gasteiger partial charge >= 0.3 is 0 Å².